The van der Waals surface area contributed by atoms with Gasteiger partial charge in [-0.2, -0.15) is 0 Å². The number of amides is 1. The fourth-order valence-electron chi connectivity index (χ4n) is 2.81. The quantitative estimate of drug-likeness (QED) is 0.878. The minimum Gasteiger partial charge on any atom is -0.489 e. The van der Waals surface area contributed by atoms with Crippen LogP contribution >= 0.6 is 0 Å². The average molecular weight is 340 g/mol. The maximum Gasteiger partial charge on any atom is 0.260 e. The number of rotatable bonds is 6. The molecular formula is C20H24N2O3. The first-order chi connectivity index (χ1) is 12.2. The second kappa shape index (κ2) is 8.53. The highest BCUT2D eigenvalue weighted by atomic mass is 16.5. The fourth-order valence-corrected chi connectivity index (χ4v) is 2.81. The van der Waals surface area contributed by atoms with Gasteiger partial charge < -0.3 is 19.7 Å². The number of hydrogen-bond donors (Lipinski definition) is 1. The normalized spacial score (nSPS) is 17.2. The Hall–Kier alpha value is -2.53. The number of carbonyl (C=O) groups excluding carboxylic acids is 1. The Bertz CT molecular complexity index is 673. The van der Waals surface area contributed by atoms with Crippen molar-refractivity contribution in [3.63, 3.8) is 0 Å². The zero-order valence-electron chi connectivity index (χ0n) is 14.5. The summed E-state index contributed by atoms with van der Waals surface area (Å²) in [6.07, 6.45) is 0. The Morgan fingerprint density at radius 1 is 1.08 bits per heavy atom. The van der Waals surface area contributed by atoms with Crippen LogP contribution in [0.4, 0.5) is 0 Å². The van der Waals surface area contributed by atoms with Gasteiger partial charge in [0.05, 0.1) is 0 Å². The highest BCUT2D eigenvalue weighted by Gasteiger charge is 2.23. The van der Waals surface area contributed by atoms with Crippen molar-refractivity contribution < 1.29 is 14.3 Å². The molecule has 3 rings (SSSR count). The summed E-state index contributed by atoms with van der Waals surface area (Å²) in [6.45, 7) is 5.04. The Balaban J connectivity index is 1.46. The van der Waals surface area contributed by atoms with Gasteiger partial charge in [0, 0.05) is 25.7 Å². The zero-order valence-corrected chi connectivity index (χ0v) is 14.5. The van der Waals surface area contributed by atoms with Gasteiger partial charge in [-0.05, 0) is 36.8 Å². The largest absolute Gasteiger partial charge is 0.489 e. The molecule has 25 heavy (non-hydrogen) atoms. The molecule has 0 saturated carbocycles. The fraction of sp³-hybridized carbons (Fsp3) is 0.350. The van der Waals surface area contributed by atoms with E-state index in [1.807, 2.05) is 66.4 Å². The minimum absolute atomic E-state index is 0.0263. The zero-order chi connectivity index (χ0) is 17.5. The topological polar surface area (TPSA) is 50.8 Å². The third kappa shape index (κ3) is 4.97. The van der Waals surface area contributed by atoms with Crippen molar-refractivity contribution in [1.82, 2.24) is 10.2 Å². The van der Waals surface area contributed by atoms with Crippen molar-refractivity contribution in [3.8, 4) is 11.5 Å². The van der Waals surface area contributed by atoms with Gasteiger partial charge in [0.15, 0.2) is 6.61 Å². The van der Waals surface area contributed by atoms with Crippen molar-refractivity contribution in [1.29, 1.82) is 0 Å². The highest BCUT2D eigenvalue weighted by molar-refractivity contribution is 5.78. The van der Waals surface area contributed by atoms with Crippen LogP contribution in [0.3, 0.4) is 0 Å². The molecule has 132 valence electrons. The lowest BCUT2D eigenvalue weighted by Crippen LogP contribution is -2.53. The molecule has 5 heteroatoms. The van der Waals surface area contributed by atoms with Gasteiger partial charge >= 0.3 is 0 Å². The molecule has 1 N–H and O–H groups in total. The molecule has 0 aromatic heterocycles. The van der Waals surface area contributed by atoms with E-state index in [1.54, 1.807) is 0 Å². The number of ether oxygens (including phenoxy) is 2. The van der Waals surface area contributed by atoms with Gasteiger partial charge in [-0.1, -0.05) is 30.3 Å². The maximum atomic E-state index is 12.3. The van der Waals surface area contributed by atoms with Crippen LogP contribution in [-0.2, 0) is 11.4 Å². The van der Waals surface area contributed by atoms with E-state index >= 15 is 0 Å². The lowest BCUT2D eigenvalue weighted by molar-refractivity contribution is -0.136. The van der Waals surface area contributed by atoms with Gasteiger partial charge in [0.1, 0.15) is 18.1 Å². The first kappa shape index (κ1) is 17.3. The van der Waals surface area contributed by atoms with Crippen molar-refractivity contribution in [3.05, 3.63) is 60.2 Å². The van der Waals surface area contributed by atoms with E-state index in [2.05, 4.69) is 5.32 Å². The monoisotopic (exact) mass is 340 g/mol. The van der Waals surface area contributed by atoms with E-state index in [9.17, 15) is 4.79 Å². The third-order valence-corrected chi connectivity index (χ3v) is 4.26. The van der Waals surface area contributed by atoms with E-state index in [0.717, 1.165) is 30.9 Å². The molecule has 5 nitrogen and oxygen atoms in total. The molecule has 0 radical (unpaired) electrons. The number of benzene rings is 2. The predicted octanol–water partition coefficient (Wildman–Crippen LogP) is 2.46. The number of piperazine rings is 1. The first-order valence-electron chi connectivity index (χ1n) is 8.62. The third-order valence-electron chi connectivity index (χ3n) is 4.26. The summed E-state index contributed by atoms with van der Waals surface area (Å²) in [5.41, 5.74) is 1.12. The summed E-state index contributed by atoms with van der Waals surface area (Å²) in [5.74, 6) is 1.47. The van der Waals surface area contributed by atoms with Crippen LogP contribution < -0.4 is 14.8 Å². The molecule has 1 aliphatic heterocycles. The molecular weight excluding hydrogens is 316 g/mol. The van der Waals surface area contributed by atoms with Gasteiger partial charge in [-0.25, -0.2) is 0 Å². The molecule has 1 amide bonds. The maximum absolute atomic E-state index is 12.3. The van der Waals surface area contributed by atoms with Gasteiger partial charge in [0.2, 0.25) is 0 Å². The van der Waals surface area contributed by atoms with Gasteiger partial charge in [0.25, 0.3) is 5.91 Å². The number of carbonyl (C=O) groups is 1. The van der Waals surface area contributed by atoms with E-state index in [0.29, 0.717) is 12.4 Å². The molecule has 0 bridgehead atoms. The van der Waals surface area contributed by atoms with Gasteiger partial charge in [-0.15, -0.1) is 0 Å². The second-order valence-corrected chi connectivity index (χ2v) is 6.17. The summed E-state index contributed by atoms with van der Waals surface area (Å²) in [4.78, 5) is 14.1. The molecule has 0 spiro atoms. The Morgan fingerprint density at radius 2 is 1.76 bits per heavy atom. The van der Waals surface area contributed by atoms with E-state index < -0.39 is 0 Å². The predicted molar refractivity (Wildman–Crippen MR) is 96.8 cm³/mol. The number of nitrogens with one attached hydrogen (secondary N) is 1. The molecule has 2 aromatic rings. The Labute approximate surface area is 148 Å². The van der Waals surface area contributed by atoms with Crippen molar-refractivity contribution >= 4 is 5.91 Å². The van der Waals surface area contributed by atoms with Crippen molar-refractivity contribution in [2.24, 2.45) is 0 Å². The lowest BCUT2D eigenvalue weighted by atomic mass is 10.2. The summed E-state index contributed by atoms with van der Waals surface area (Å²) in [6, 6.07) is 17.6. The lowest BCUT2D eigenvalue weighted by Gasteiger charge is -2.33. The van der Waals surface area contributed by atoms with Crippen LogP contribution in [0.1, 0.15) is 12.5 Å². The van der Waals surface area contributed by atoms with E-state index in [4.69, 9.17) is 9.47 Å². The SMILES string of the molecule is C[C@@H]1CNCCN1C(=O)COc1ccc(OCc2ccccc2)cc1. The molecule has 1 heterocycles. The molecule has 0 aliphatic carbocycles. The van der Waals surface area contributed by atoms with Crippen LogP contribution in [-0.4, -0.2) is 43.1 Å². The van der Waals surface area contributed by atoms with Crippen LogP contribution in [0, 0.1) is 0 Å². The second-order valence-electron chi connectivity index (χ2n) is 6.17. The summed E-state index contributed by atoms with van der Waals surface area (Å²) in [7, 11) is 0. The van der Waals surface area contributed by atoms with Gasteiger partial charge in [-0.3, -0.25) is 4.79 Å². The number of hydrogen-bond acceptors (Lipinski definition) is 4. The summed E-state index contributed by atoms with van der Waals surface area (Å²) < 4.78 is 11.4. The van der Waals surface area contributed by atoms with Crippen LogP contribution in [0.25, 0.3) is 0 Å². The van der Waals surface area contributed by atoms with Crippen LogP contribution in [0.2, 0.25) is 0 Å². The molecule has 1 saturated heterocycles. The Kier molecular flexibility index (Phi) is 5.90. The van der Waals surface area contributed by atoms with Crippen molar-refractivity contribution in [2.75, 3.05) is 26.2 Å². The Morgan fingerprint density at radius 3 is 2.44 bits per heavy atom. The van der Waals surface area contributed by atoms with Crippen molar-refractivity contribution in [2.45, 2.75) is 19.6 Å². The minimum atomic E-state index is 0.0263. The van der Waals surface area contributed by atoms with Crippen LogP contribution in [0.5, 0.6) is 11.5 Å². The highest BCUT2D eigenvalue weighted by Crippen LogP contribution is 2.19. The average Bonchev–Trinajstić information content (AvgIpc) is 2.66. The summed E-state index contributed by atoms with van der Waals surface area (Å²) >= 11 is 0. The van der Waals surface area contributed by atoms with Crippen LogP contribution in [0.15, 0.2) is 54.6 Å². The standard InChI is InChI=1S/C20H24N2O3/c1-16-13-21-11-12-22(16)20(23)15-25-19-9-7-18(8-10-19)24-14-17-5-3-2-4-6-17/h2-10,16,21H,11-15H2,1H3/t16-/m1/s1. The first-order valence-corrected chi connectivity index (χ1v) is 8.62. The molecule has 2 aromatic carbocycles. The summed E-state index contributed by atoms with van der Waals surface area (Å²) in [5, 5.41) is 3.27. The molecule has 1 atom stereocenters. The molecule has 1 fully saturated rings. The molecule has 1 aliphatic rings. The molecule has 0 unspecified atom stereocenters. The van der Waals surface area contributed by atoms with E-state index in [1.165, 1.54) is 0 Å². The smallest absolute Gasteiger partial charge is 0.260 e. The number of nitrogens with zero attached hydrogens (tertiary/aromatic N) is 1. The van der Waals surface area contributed by atoms with E-state index in [-0.39, 0.29) is 18.6 Å².